The van der Waals surface area contributed by atoms with E-state index in [1.807, 2.05) is 24.3 Å². The van der Waals surface area contributed by atoms with Gasteiger partial charge < -0.3 is 10.5 Å². The van der Waals surface area contributed by atoms with Crippen molar-refractivity contribution < 1.29 is 4.74 Å². The van der Waals surface area contributed by atoms with Crippen molar-refractivity contribution in [3.8, 4) is 5.75 Å². The van der Waals surface area contributed by atoms with Gasteiger partial charge in [-0.1, -0.05) is 23.9 Å². The molecule has 0 saturated heterocycles. The van der Waals surface area contributed by atoms with Crippen molar-refractivity contribution >= 4 is 11.8 Å². The van der Waals surface area contributed by atoms with Crippen LogP contribution in [0.5, 0.6) is 5.75 Å². The predicted octanol–water partition coefficient (Wildman–Crippen LogP) is 0.269. The minimum absolute atomic E-state index is 0.107. The third-order valence-electron chi connectivity index (χ3n) is 2.87. The largest absolute Gasteiger partial charge is 0.497 e. The summed E-state index contributed by atoms with van der Waals surface area (Å²) in [5.74, 6) is 0.731. The lowest BCUT2D eigenvalue weighted by Gasteiger charge is -2.16. The lowest BCUT2D eigenvalue weighted by Crippen LogP contribution is -2.34. The van der Waals surface area contributed by atoms with E-state index in [0.29, 0.717) is 11.7 Å². The Morgan fingerprint density at radius 2 is 2.24 bits per heavy atom. The van der Waals surface area contributed by atoms with Crippen LogP contribution in [0.1, 0.15) is 10.8 Å². The zero-order valence-corrected chi connectivity index (χ0v) is 12.5. The normalized spacial score (nSPS) is 12.1. The molecule has 8 heteroatoms. The van der Waals surface area contributed by atoms with Gasteiger partial charge in [-0.15, -0.1) is 0 Å². The molecule has 7 nitrogen and oxygen atoms in total. The summed E-state index contributed by atoms with van der Waals surface area (Å²) in [5, 5.41) is 2.70. The molecule has 112 valence electrons. The fraction of sp³-hybridized carbons (Fsp3) is 0.308. The molecule has 1 heterocycles. The maximum atomic E-state index is 11.4. The first kappa shape index (κ1) is 15.3. The van der Waals surface area contributed by atoms with Crippen LogP contribution < -0.4 is 21.6 Å². The lowest BCUT2D eigenvalue weighted by molar-refractivity contribution is 0.414. The van der Waals surface area contributed by atoms with Crippen LogP contribution in [0, 0.1) is 0 Å². The Balaban J connectivity index is 2.33. The molecule has 1 atom stereocenters. The maximum Gasteiger partial charge on any atom is 0.339 e. The van der Waals surface area contributed by atoms with Gasteiger partial charge in [-0.25, -0.2) is 0 Å². The van der Waals surface area contributed by atoms with Crippen molar-refractivity contribution in [2.45, 2.75) is 10.4 Å². The fourth-order valence-corrected chi connectivity index (χ4v) is 2.76. The molecule has 0 radical (unpaired) electrons. The van der Waals surface area contributed by atoms with E-state index in [-0.39, 0.29) is 5.25 Å². The standard InChI is InChI=1S/C13H16N4O3S/c1-17-13(15-11(18)12(19)16-17)21-10(7-14)8-4-3-5-9(6-8)20-2/h3-6,10H,7,14H2,1-2H3,(H,16,19). The summed E-state index contributed by atoms with van der Waals surface area (Å²) in [6.07, 6.45) is 0. The Morgan fingerprint density at radius 1 is 1.48 bits per heavy atom. The van der Waals surface area contributed by atoms with E-state index in [0.717, 1.165) is 11.3 Å². The Morgan fingerprint density at radius 3 is 2.90 bits per heavy atom. The molecule has 0 fully saturated rings. The average molecular weight is 308 g/mol. The van der Waals surface area contributed by atoms with Gasteiger partial charge in [0.2, 0.25) is 0 Å². The number of rotatable bonds is 5. The van der Waals surface area contributed by atoms with Crippen LogP contribution in [0.15, 0.2) is 39.0 Å². The number of methoxy groups -OCH3 is 1. The Hall–Kier alpha value is -2.06. The third-order valence-corrected chi connectivity index (χ3v) is 4.20. The minimum Gasteiger partial charge on any atom is -0.497 e. The fourth-order valence-electron chi connectivity index (χ4n) is 1.79. The predicted molar refractivity (Wildman–Crippen MR) is 80.7 cm³/mol. The van der Waals surface area contributed by atoms with E-state index in [4.69, 9.17) is 10.5 Å². The first-order valence-electron chi connectivity index (χ1n) is 6.23. The van der Waals surface area contributed by atoms with Crippen LogP contribution in [-0.2, 0) is 7.05 Å². The van der Waals surface area contributed by atoms with Crippen LogP contribution in [0.25, 0.3) is 0 Å². The molecular weight excluding hydrogens is 292 g/mol. The summed E-state index contributed by atoms with van der Waals surface area (Å²) >= 11 is 1.31. The van der Waals surface area contributed by atoms with Gasteiger partial charge in [-0.2, -0.15) is 4.98 Å². The van der Waals surface area contributed by atoms with Gasteiger partial charge in [0.05, 0.1) is 7.11 Å². The number of nitrogens with one attached hydrogen (secondary N) is 1. The lowest BCUT2D eigenvalue weighted by atomic mass is 10.1. The number of ether oxygens (including phenoxy) is 1. The Kier molecular flexibility index (Phi) is 4.81. The molecule has 3 N–H and O–H groups in total. The first-order chi connectivity index (χ1) is 10.0. The number of benzene rings is 1. The van der Waals surface area contributed by atoms with Gasteiger partial charge in [0.15, 0.2) is 5.16 Å². The zero-order chi connectivity index (χ0) is 15.4. The highest BCUT2D eigenvalue weighted by molar-refractivity contribution is 7.99. The number of thioether (sulfide) groups is 1. The minimum atomic E-state index is -0.808. The van der Waals surface area contributed by atoms with Gasteiger partial charge in [0, 0.05) is 18.8 Å². The topological polar surface area (TPSA) is 103 Å². The summed E-state index contributed by atoms with van der Waals surface area (Å²) < 4.78 is 6.60. The molecule has 1 aromatic carbocycles. The van der Waals surface area contributed by atoms with E-state index >= 15 is 0 Å². The SMILES string of the molecule is COc1cccc(C(CN)Sc2nc(=O)c(=O)[nH]n2C)c1. The summed E-state index contributed by atoms with van der Waals surface area (Å²) in [6.45, 7) is 0.354. The number of aromatic nitrogens is 3. The Labute approximate surface area is 125 Å². The van der Waals surface area contributed by atoms with Crippen molar-refractivity contribution in [2.75, 3.05) is 13.7 Å². The molecule has 2 rings (SSSR count). The summed E-state index contributed by atoms with van der Waals surface area (Å²) in [7, 11) is 3.21. The van der Waals surface area contributed by atoms with Crippen molar-refractivity contribution in [3.63, 3.8) is 0 Å². The average Bonchev–Trinajstić information content (AvgIpc) is 2.49. The van der Waals surface area contributed by atoms with Gasteiger partial charge in [-0.3, -0.25) is 19.4 Å². The number of nitrogens with two attached hydrogens (primary N) is 1. The van der Waals surface area contributed by atoms with Crippen molar-refractivity contribution in [2.24, 2.45) is 12.8 Å². The van der Waals surface area contributed by atoms with E-state index < -0.39 is 11.1 Å². The molecule has 0 aliphatic carbocycles. The van der Waals surface area contributed by atoms with E-state index in [1.165, 1.54) is 16.4 Å². The quantitative estimate of drug-likeness (QED) is 0.607. The highest BCUT2D eigenvalue weighted by Gasteiger charge is 2.15. The molecule has 1 unspecified atom stereocenters. The summed E-state index contributed by atoms with van der Waals surface area (Å²) in [5.41, 5.74) is 5.22. The molecule has 0 saturated carbocycles. The molecule has 2 aromatic rings. The first-order valence-corrected chi connectivity index (χ1v) is 7.11. The number of aromatic amines is 1. The molecule has 0 spiro atoms. The molecular formula is C13H16N4O3S. The van der Waals surface area contributed by atoms with Crippen molar-refractivity contribution in [1.82, 2.24) is 14.8 Å². The molecule has 0 amide bonds. The van der Waals surface area contributed by atoms with Gasteiger partial charge in [-0.05, 0) is 17.7 Å². The number of aryl methyl sites for hydroxylation is 1. The van der Waals surface area contributed by atoms with E-state index in [2.05, 4.69) is 10.1 Å². The second-order valence-electron chi connectivity index (χ2n) is 4.32. The maximum absolute atomic E-state index is 11.4. The Bertz CT molecular complexity index is 741. The molecule has 0 aliphatic rings. The smallest absolute Gasteiger partial charge is 0.339 e. The second kappa shape index (κ2) is 6.59. The number of hydrogen-bond donors (Lipinski definition) is 2. The van der Waals surface area contributed by atoms with Crippen LogP contribution in [0.3, 0.4) is 0 Å². The highest BCUT2D eigenvalue weighted by atomic mass is 32.2. The molecule has 1 aromatic heterocycles. The van der Waals surface area contributed by atoms with Gasteiger partial charge in [0.1, 0.15) is 5.75 Å². The third kappa shape index (κ3) is 3.53. The monoisotopic (exact) mass is 308 g/mol. The zero-order valence-electron chi connectivity index (χ0n) is 11.7. The van der Waals surface area contributed by atoms with Gasteiger partial charge >= 0.3 is 11.1 Å². The van der Waals surface area contributed by atoms with Crippen molar-refractivity contribution in [1.29, 1.82) is 0 Å². The van der Waals surface area contributed by atoms with Crippen molar-refractivity contribution in [3.05, 3.63) is 50.5 Å². The molecule has 0 aliphatic heterocycles. The van der Waals surface area contributed by atoms with Crippen LogP contribution in [0.4, 0.5) is 0 Å². The van der Waals surface area contributed by atoms with Gasteiger partial charge in [0.25, 0.3) is 0 Å². The summed E-state index contributed by atoms with van der Waals surface area (Å²) in [6, 6.07) is 7.53. The van der Waals surface area contributed by atoms with Crippen LogP contribution in [-0.4, -0.2) is 28.4 Å². The molecule has 0 bridgehead atoms. The van der Waals surface area contributed by atoms with Crippen LogP contribution >= 0.6 is 11.8 Å². The second-order valence-corrected chi connectivity index (χ2v) is 5.49. The molecule has 21 heavy (non-hydrogen) atoms. The van der Waals surface area contributed by atoms with E-state index in [1.54, 1.807) is 14.2 Å². The van der Waals surface area contributed by atoms with Crippen LogP contribution in [0.2, 0.25) is 0 Å². The number of nitrogens with zero attached hydrogens (tertiary/aromatic N) is 2. The number of hydrogen-bond acceptors (Lipinski definition) is 6. The summed E-state index contributed by atoms with van der Waals surface area (Å²) in [4.78, 5) is 26.3. The highest BCUT2D eigenvalue weighted by Crippen LogP contribution is 2.33. The van der Waals surface area contributed by atoms with E-state index in [9.17, 15) is 9.59 Å². The number of H-pyrrole nitrogens is 1.